The van der Waals surface area contributed by atoms with Crippen LogP contribution in [0.15, 0.2) is 5.10 Å². The van der Waals surface area contributed by atoms with Crippen molar-refractivity contribution in [3.8, 4) is 0 Å². The number of halogens is 3. The van der Waals surface area contributed by atoms with Crippen LogP contribution in [0.4, 0.5) is 13.2 Å². The Morgan fingerprint density at radius 2 is 2.25 bits per heavy atom. The second-order valence-corrected chi connectivity index (χ2v) is 2.43. The van der Waals surface area contributed by atoms with Gasteiger partial charge in [0.1, 0.15) is 17.9 Å². The van der Waals surface area contributed by atoms with Crippen LogP contribution in [0.5, 0.6) is 0 Å². The van der Waals surface area contributed by atoms with Crippen LogP contribution in [0.3, 0.4) is 0 Å². The van der Waals surface area contributed by atoms with E-state index >= 15 is 0 Å². The lowest BCUT2D eigenvalue weighted by Crippen LogP contribution is -2.29. The van der Waals surface area contributed by atoms with Crippen molar-refractivity contribution in [3.63, 3.8) is 0 Å². The van der Waals surface area contributed by atoms with Crippen molar-refractivity contribution in [2.45, 2.75) is 12.7 Å². The molecule has 2 unspecified atom stereocenters. The molecule has 1 heterocycles. The summed E-state index contributed by atoms with van der Waals surface area (Å²) in [4.78, 5) is 10.2. The molecular formula is C6H7F3N2O. The van der Waals surface area contributed by atoms with Gasteiger partial charge in [0.2, 0.25) is 6.30 Å². The van der Waals surface area contributed by atoms with Crippen LogP contribution in [0.1, 0.15) is 0 Å². The van der Waals surface area contributed by atoms with E-state index in [1.807, 2.05) is 0 Å². The zero-order valence-electron chi connectivity index (χ0n) is 6.25. The highest BCUT2D eigenvalue weighted by Gasteiger charge is 2.39. The molecular weight excluding hydrogens is 173 g/mol. The SMILES string of the molecule is CN1N=C(C(F)F)C(C=O)C1F. The number of carbonyl (C=O) groups excluding carboxylic acids is 1. The molecule has 0 aromatic heterocycles. The Bertz CT molecular complexity index is 219. The van der Waals surface area contributed by atoms with Crippen LogP contribution >= 0.6 is 0 Å². The molecule has 0 radical (unpaired) electrons. The molecule has 2 atom stereocenters. The van der Waals surface area contributed by atoms with E-state index in [2.05, 4.69) is 5.10 Å². The summed E-state index contributed by atoms with van der Waals surface area (Å²) in [6.45, 7) is 0. The molecule has 0 spiro atoms. The Hall–Kier alpha value is -1.07. The smallest absolute Gasteiger partial charge is 0.279 e. The zero-order chi connectivity index (χ0) is 9.30. The van der Waals surface area contributed by atoms with Crippen molar-refractivity contribution < 1.29 is 18.0 Å². The maximum Gasteiger partial charge on any atom is 0.279 e. The molecule has 0 saturated heterocycles. The Labute approximate surface area is 66.8 Å². The van der Waals surface area contributed by atoms with Gasteiger partial charge >= 0.3 is 0 Å². The number of nitrogens with zero attached hydrogens (tertiary/aromatic N) is 2. The second-order valence-electron chi connectivity index (χ2n) is 2.43. The summed E-state index contributed by atoms with van der Waals surface area (Å²) in [7, 11) is 1.20. The van der Waals surface area contributed by atoms with E-state index in [0.29, 0.717) is 0 Å². The third-order valence-corrected chi connectivity index (χ3v) is 1.64. The monoisotopic (exact) mass is 180 g/mol. The molecule has 0 amide bonds. The summed E-state index contributed by atoms with van der Waals surface area (Å²) < 4.78 is 36.9. The molecule has 0 aliphatic carbocycles. The number of alkyl halides is 3. The van der Waals surface area contributed by atoms with Gasteiger partial charge in [-0.15, -0.1) is 0 Å². The molecule has 0 aromatic rings. The molecule has 0 bridgehead atoms. The highest BCUT2D eigenvalue weighted by molar-refractivity contribution is 6.00. The van der Waals surface area contributed by atoms with E-state index in [-0.39, 0.29) is 6.29 Å². The van der Waals surface area contributed by atoms with Crippen LogP contribution in [-0.4, -0.2) is 36.8 Å². The number of carbonyl (C=O) groups is 1. The second kappa shape index (κ2) is 3.12. The Morgan fingerprint density at radius 3 is 2.58 bits per heavy atom. The standard InChI is InChI=1S/C6H7F3N2O/c1-11-6(9)3(2-12)4(10-11)5(7)8/h2-3,5-6H,1H3. The van der Waals surface area contributed by atoms with Gasteiger partial charge in [-0.05, 0) is 0 Å². The minimum atomic E-state index is -2.87. The fourth-order valence-corrected chi connectivity index (χ4v) is 1.00. The van der Waals surface area contributed by atoms with Crippen LogP contribution in [0, 0.1) is 5.92 Å². The first-order valence-corrected chi connectivity index (χ1v) is 3.26. The highest BCUT2D eigenvalue weighted by atomic mass is 19.3. The quantitative estimate of drug-likeness (QED) is 0.462. The van der Waals surface area contributed by atoms with E-state index in [0.717, 1.165) is 5.01 Å². The summed E-state index contributed by atoms with van der Waals surface area (Å²) in [6, 6.07) is 0. The Morgan fingerprint density at radius 1 is 1.67 bits per heavy atom. The Kier molecular flexibility index (Phi) is 2.35. The maximum atomic E-state index is 12.8. The number of aldehydes is 1. The highest BCUT2D eigenvalue weighted by Crippen LogP contribution is 2.23. The van der Waals surface area contributed by atoms with Crippen LogP contribution in [-0.2, 0) is 4.79 Å². The Balaban J connectivity index is 2.85. The van der Waals surface area contributed by atoms with E-state index < -0.39 is 24.4 Å². The van der Waals surface area contributed by atoms with Gasteiger partial charge in [-0.2, -0.15) is 5.10 Å². The van der Waals surface area contributed by atoms with Crippen molar-refractivity contribution in [2.75, 3.05) is 7.05 Å². The van der Waals surface area contributed by atoms with Crippen molar-refractivity contribution in [1.82, 2.24) is 5.01 Å². The van der Waals surface area contributed by atoms with Gasteiger partial charge in [0.05, 0.1) is 0 Å². The minimum absolute atomic E-state index is 0.152. The van der Waals surface area contributed by atoms with Gasteiger partial charge in [0.15, 0.2) is 0 Å². The van der Waals surface area contributed by atoms with Gasteiger partial charge in [-0.3, -0.25) is 5.01 Å². The third kappa shape index (κ3) is 1.28. The largest absolute Gasteiger partial charge is 0.302 e. The molecule has 0 aromatic carbocycles. The predicted octanol–water partition coefficient (Wildman–Crippen LogP) is 0.664. The minimum Gasteiger partial charge on any atom is -0.302 e. The molecule has 68 valence electrons. The molecule has 6 heteroatoms. The van der Waals surface area contributed by atoms with E-state index in [1.54, 1.807) is 0 Å². The van der Waals surface area contributed by atoms with Crippen LogP contribution in [0.2, 0.25) is 0 Å². The first-order valence-electron chi connectivity index (χ1n) is 3.26. The van der Waals surface area contributed by atoms with Gasteiger partial charge in [0, 0.05) is 7.05 Å². The molecule has 0 fully saturated rings. The molecule has 1 aliphatic rings. The molecule has 0 saturated carbocycles. The van der Waals surface area contributed by atoms with E-state index in [9.17, 15) is 18.0 Å². The summed E-state index contributed by atoms with van der Waals surface area (Å²) in [5.41, 5.74) is -0.694. The summed E-state index contributed by atoms with van der Waals surface area (Å²) in [6.07, 6.45) is -4.48. The topological polar surface area (TPSA) is 32.7 Å². The number of hydrogen-bond acceptors (Lipinski definition) is 3. The summed E-state index contributed by atoms with van der Waals surface area (Å²) in [5, 5.41) is 3.94. The van der Waals surface area contributed by atoms with Gasteiger partial charge in [-0.1, -0.05) is 0 Å². The zero-order valence-corrected chi connectivity index (χ0v) is 6.25. The third-order valence-electron chi connectivity index (χ3n) is 1.64. The predicted molar refractivity (Wildman–Crippen MR) is 35.7 cm³/mol. The van der Waals surface area contributed by atoms with Crippen LogP contribution in [0.25, 0.3) is 0 Å². The van der Waals surface area contributed by atoms with Crippen molar-refractivity contribution >= 4 is 12.0 Å². The van der Waals surface area contributed by atoms with Gasteiger partial charge < -0.3 is 4.79 Å². The van der Waals surface area contributed by atoms with Crippen molar-refractivity contribution in [2.24, 2.45) is 11.0 Å². The lowest BCUT2D eigenvalue weighted by atomic mass is 10.1. The van der Waals surface area contributed by atoms with E-state index in [1.165, 1.54) is 7.05 Å². The fourth-order valence-electron chi connectivity index (χ4n) is 1.00. The fraction of sp³-hybridized carbons (Fsp3) is 0.667. The van der Waals surface area contributed by atoms with Gasteiger partial charge in [0.25, 0.3) is 6.43 Å². The number of hydrogen-bond donors (Lipinski definition) is 0. The van der Waals surface area contributed by atoms with Crippen molar-refractivity contribution in [3.05, 3.63) is 0 Å². The molecule has 1 aliphatic heterocycles. The maximum absolute atomic E-state index is 12.8. The molecule has 0 N–H and O–H groups in total. The van der Waals surface area contributed by atoms with Crippen LogP contribution < -0.4 is 0 Å². The molecule has 1 rings (SSSR count). The number of hydrazone groups is 1. The average molecular weight is 180 g/mol. The first-order chi connectivity index (χ1) is 5.57. The lowest BCUT2D eigenvalue weighted by Gasteiger charge is -2.11. The number of rotatable bonds is 2. The summed E-state index contributed by atoms with van der Waals surface area (Å²) >= 11 is 0. The summed E-state index contributed by atoms with van der Waals surface area (Å²) in [5.74, 6) is -1.42. The van der Waals surface area contributed by atoms with Gasteiger partial charge in [-0.25, -0.2) is 13.2 Å². The average Bonchev–Trinajstić information content (AvgIpc) is 2.29. The normalized spacial score (nSPS) is 29.4. The molecule has 3 nitrogen and oxygen atoms in total. The van der Waals surface area contributed by atoms with E-state index in [4.69, 9.17) is 0 Å². The first kappa shape index (κ1) is 9.02. The molecule has 12 heavy (non-hydrogen) atoms. The lowest BCUT2D eigenvalue weighted by molar-refractivity contribution is -0.112. The van der Waals surface area contributed by atoms with Crippen molar-refractivity contribution in [1.29, 1.82) is 0 Å².